The number of nitrogens with two attached hydrogens (primary N) is 1. The monoisotopic (exact) mass is 323 g/mol. The van der Waals surface area contributed by atoms with Gasteiger partial charge in [0, 0.05) is 22.5 Å². The second-order valence-corrected chi connectivity index (χ2v) is 5.85. The van der Waals surface area contributed by atoms with Crippen molar-refractivity contribution in [2.75, 3.05) is 0 Å². The summed E-state index contributed by atoms with van der Waals surface area (Å²) in [6, 6.07) is 7.30. The molecule has 3 N–H and O–H groups in total. The van der Waals surface area contributed by atoms with Crippen molar-refractivity contribution >= 4 is 11.6 Å². The Bertz CT molecular complexity index is 586. The van der Waals surface area contributed by atoms with Gasteiger partial charge in [-0.25, -0.2) is 4.39 Å². The Hall–Kier alpha value is -1.39. The summed E-state index contributed by atoms with van der Waals surface area (Å²) in [4.78, 5) is 0. The first-order valence-electron chi connectivity index (χ1n) is 7.90. The Morgan fingerprint density at radius 1 is 1.14 bits per heavy atom. The van der Waals surface area contributed by atoms with Crippen LogP contribution in [0.3, 0.4) is 0 Å². The van der Waals surface area contributed by atoms with Gasteiger partial charge in [-0.3, -0.25) is 5.10 Å². The number of H-pyrrole nitrogens is 1. The molecular weight excluding hydrogens is 301 g/mol. The molecule has 3 rings (SSSR count). The molecule has 0 saturated heterocycles. The number of hydrogen-bond acceptors (Lipinski definition) is 2. The largest absolute Gasteiger partial charge is 0.328 e. The highest BCUT2D eigenvalue weighted by Crippen LogP contribution is 2.35. The summed E-state index contributed by atoms with van der Waals surface area (Å²) in [5.74, 6) is -0.0452. The number of aromatic amines is 1. The first-order valence-corrected chi connectivity index (χ1v) is 8.28. The molecule has 2 aromatic rings. The van der Waals surface area contributed by atoms with Crippen LogP contribution in [0.2, 0.25) is 5.02 Å². The van der Waals surface area contributed by atoms with Crippen LogP contribution in [0.4, 0.5) is 4.39 Å². The van der Waals surface area contributed by atoms with Crippen LogP contribution in [-0.2, 0) is 0 Å². The van der Waals surface area contributed by atoms with Gasteiger partial charge in [-0.15, -0.1) is 0 Å². The van der Waals surface area contributed by atoms with Crippen LogP contribution >= 0.6 is 11.6 Å². The van der Waals surface area contributed by atoms with Gasteiger partial charge in [-0.2, -0.15) is 5.10 Å². The van der Waals surface area contributed by atoms with Crippen molar-refractivity contribution in [3.63, 3.8) is 0 Å². The van der Waals surface area contributed by atoms with Crippen molar-refractivity contribution in [1.29, 1.82) is 0 Å². The minimum Gasteiger partial charge on any atom is -0.328 e. The van der Waals surface area contributed by atoms with Crippen LogP contribution in [0, 0.1) is 5.82 Å². The molecule has 5 heteroatoms. The SMILES string of the molecule is CC.NC1CCC(c2[nH]nc(-c3ccc(Cl)cc3)c2F)CC1. The molecule has 22 heavy (non-hydrogen) atoms. The van der Waals surface area contributed by atoms with Crippen molar-refractivity contribution in [3.8, 4) is 11.3 Å². The highest BCUT2D eigenvalue weighted by molar-refractivity contribution is 6.30. The predicted octanol–water partition coefficient (Wildman–Crippen LogP) is 4.88. The summed E-state index contributed by atoms with van der Waals surface area (Å²) >= 11 is 5.85. The molecule has 1 saturated carbocycles. The molecule has 1 aromatic carbocycles. The molecule has 0 radical (unpaired) electrons. The van der Waals surface area contributed by atoms with Crippen molar-refractivity contribution in [3.05, 3.63) is 40.8 Å². The number of nitrogens with zero attached hydrogens (tertiary/aromatic N) is 1. The number of rotatable bonds is 2. The Kier molecular flexibility index (Phi) is 5.98. The number of benzene rings is 1. The third-order valence-electron chi connectivity index (χ3n) is 4.03. The lowest BCUT2D eigenvalue weighted by molar-refractivity contribution is 0.382. The maximum atomic E-state index is 14.5. The highest BCUT2D eigenvalue weighted by atomic mass is 35.5. The summed E-state index contributed by atoms with van der Waals surface area (Å²) in [6.07, 6.45) is 3.72. The Labute approximate surface area is 136 Å². The van der Waals surface area contributed by atoms with Gasteiger partial charge >= 0.3 is 0 Å². The van der Waals surface area contributed by atoms with E-state index in [1.54, 1.807) is 24.3 Å². The number of hydrogen-bond donors (Lipinski definition) is 2. The van der Waals surface area contributed by atoms with Gasteiger partial charge in [0.05, 0.1) is 5.69 Å². The average molecular weight is 324 g/mol. The zero-order chi connectivity index (χ0) is 16.1. The first kappa shape index (κ1) is 17.0. The molecule has 1 heterocycles. The Morgan fingerprint density at radius 2 is 1.73 bits per heavy atom. The Balaban J connectivity index is 0.000000847. The van der Waals surface area contributed by atoms with Crippen molar-refractivity contribution in [1.82, 2.24) is 10.2 Å². The van der Waals surface area contributed by atoms with E-state index in [1.165, 1.54) is 0 Å². The molecule has 0 aliphatic heterocycles. The number of halogens is 2. The molecule has 120 valence electrons. The van der Waals surface area contributed by atoms with Gasteiger partial charge in [-0.05, 0) is 37.8 Å². The second kappa shape index (κ2) is 7.75. The number of nitrogens with one attached hydrogen (secondary N) is 1. The normalized spacial score (nSPS) is 21.1. The standard InChI is InChI=1S/C15H17ClFN3.C2H6/c16-11-5-1-9(2-6-11)14-13(17)15(20-19-14)10-3-7-12(18)8-4-10;1-2/h1-2,5-6,10,12H,3-4,7-8,18H2,(H,19,20);1-2H3. The maximum absolute atomic E-state index is 14.5. The zero-order valence-corrected chi connectivity index (χ0v) is 13.8. The van der Waals surface area contributed by atoms with E-state index < -0.39 is 0 Å². The summed E-state index contributed by atoms with van der Waals surface area (Å²) < 4.78 is 14.5. The lowest BCUT2D eigenvalue weighted by Crippen LogP contribution is -2.26. The van der Waals surface area contributed by atoms with E-state index in [-0.39, 0.29) is 17.8 Å². The molecule has 0 spiro atoms. The summed E-state index contributed by atoms with van der Waals surface area (Å²) in [7, 11) is 0. The van der Waals surface area contributed by atoms with Gasteiger partial charge in [0.1, 0.15) is 5.69 Å². The fraction of sp³-hybridized carbons (Fsp3) is 0.471. The van der Waals surface area contributed by atoms with Crippen LogP contribution < -0.4 is 5.73 Å². The van der Waals surface area contributed by atoms with Crippen LogP contribution in [0.5, 0.6) is 0 Å². The van der Waals surface area contributed by atoms with E-state index in [0.717, 1.165) is 31.2 Å². The molecule has 1 aliphatic carbocycles. The lowest BCUT2D eigenvalue weighted by atomic mass is 9.84. The Morgan fingerprint density at radius 3 is 2.32 bits per heavy atom. The first-order chi connectivity index (χ1) is 10.6. The predicted molar refractivity (Wildman–Crippen MR) is 89.5 cm³/mol. The molecule has 3 nitrogen and oxygen atoms in total. The molecule has 1 aromatic heterocycles. The summed E-state index contributed by atoms with van der Waals surface area (Å²) in [5, 5.41) is 7.64. The molecule has 0 amide bonds. The van der Waals surface area contributed by atoms with E-state index in [2.05, 4.69) is 10.2 Å². The zero-order valence-electron chi connectivity index (χ0n) is 13.1. The van der Waals surface area contributed by atoms with E-state index in [1.807, 2.05) is 13.8 Å². The molecule has 1 aliphatic rings. The van der Waals surface area contributed by atoms with Crippen LogP contribution in [0.1, 0.15) is 51.1 Å². The van der Waals surface area contributed by atoms with Crippen LogP contribution in [0.25, 0.3) is 11.3 Å². The third kappa shape index (κ3) is 3.68. The topological polar surface area (TPSA) is 54.7 Å². The lowest BCUT2D eigenvalue weighted by Gasteiger charge is -2.24. The summed E-state index contributed by atoms with van der Waals surface area (Å²) in [5.41, 5.74) is 7.61. The van der Waals surface area contributed by atoms with E-state index in [9.17, 15) is 4.39 Å². The van der Waals surface area contributed by atoms with Crippen LogP contribution in [-0.4, -0.2) is 16.2 Å². The molecule has 0 unspecified atom stereocenters. The quantitative estimate of drug-likeness (QED) is 0.827. The fourth-order valence-corrected chi connectivity index (χ4v) is 2.95. The van der Waals surface area contributed by atoms with Crippen molar-refractivity contribution < 1.29 is 4.39 Å². The minimum absolute atomic E-state index is 0.198. The fourth-order valence-electron chi connectivity index (χ4n) is 2.82. The van der Waals surface area contributed by atoms with Crippen molar-refractivity contribution in [2.45, 2.75) is 51.5 Å². The second-order valence-electron chi connectivity index (χ2n) is 5.42. The molecular formula is C17H23ClFN3. The van der Waals surface area contributed by atoms with E-state index in [4.69, 9.17) is 17.3 Å². The van der Waals surface area contributed by atoms with Crippen molar-refractivity contribution in [2.24, 2.45) is 5.73 Å². The van der Waals surface area contributed by atoms with E-state index in [0.29, 0.717) is 16.4 Å². The smallest absolute Gasteiger partial charge is 0.172 e. The highest BCUT2D eigenvalue weighted by Gasteiger charge is 2.26. The average Bonchev–Trinajstić information content (AvgIpc) is 2.93. The number of aromatic nitrogens is 2. The van der Waals surface area contributed by atoms with Gasteiger partial charge in [0.25, 0.3) is 0 Å². The van der Waals surface area contributed by atoms with Gasteiger partial charge in [0.2, 0.25) is 0 Å². The van der Waals surface area contributed by atoms with Gasteiger partial charge < -0.3 is 5.73 Å². The molecule has 0 atom stereocenters. The molecule has 1 fully saturated rings. The third-order valence-corrected chi connectivity index (χ3v) is 4.28. The molecule has 0 bridgehead atoms. The van der Waals surface area contributed by atoms with Gasteiger partial charge in [0.15, 0.2) is 5.82 Å². The summed E-state index contributed by atoms with van der Waals surface area (Å²) in [6.45, 7) is 4.00. The minimum atomic E-state index is -0.243. The van der Waals surface area contributed by atoms with Gasteiger partial charge in [-0.1, -0.05) is 37.6 Å². The van der Waals surface area contributed by atoms with Crippen LogP contribution in [0.15, 0.2) is 24.3 Å². The van der Waals surface area contributed by atoms with E-state index >= 15 is 0 Å². The maximum Gasteiger partial charge on any atom is 0.172 e.